The van der Waals surface area contributed by atoms with Crippen LogP contribution in [-0.4, -0.2) is 21.2 Å². The van der Waals surface area contributed by atoms with Gasteiger partial charge in [0.2, 0.25) is 0 Å². The Labute approximate surface area is 125 Å². The van der Waals surface area contributed by atoms with Crippen LogP contribution in [0.3, 0.4) is 0 Å². The van der Waals surface area contributed by atoms with Crippen molar-refractivity contribution in [3.63, 3.8) is 0 Å². The molecule has 1 aromatic carbocycles. The van der Waals surface area contributed by atoms with Crippen LogP contribution in [0.25, 0.3) is 6.08 Å². The Hall–Kier alpha value is -0.910. The van der Waals surface area contributed by atoms with Crippen LogP contribution in [0, 0.1) is 5.82 Å². The molecule has 0 spiro atoms. The second-order valence-corrected chi connectivity index (χ2v) is 6.36. The number of benzene rings is 1. The highest BCUT2D eigenvalue weighted by atomic mass is 35.5. The first-order chi connectivity index (χ1) is 8.91. The second-order valence-electron chi connectivity index (χ2n) is 4.28. The third kappa shape index (κ3) is 2.83. The van der Waals surface area contributed by atoms with Gasteiger partial charge in [-0.1, -0.05) is 41.6 Å². The summed E-state index contributed by atoms with van der Waals surface area (Å²) in [5.74, 6) is -0.661. The molecular formula is C13H11ClFNOS2. The van der Waals surface area contributed by atoms with Gasteiger partial charge in [-0.15, -0.1) is 0 Å². The van der Waals surface area contributed by atoms with Crippen molar-refractivity contribution in [2.24, 2.45) is 0 Å². The number of hydrogen-bond donors (Lipinski definition) is 0. The fourth-order valence-corrected chi connectivity index (χ4v) is 3.43. The van der Waals surface area contributed by atoms with Crippen molar-refractivity contribution >= 4 is 51.9 Å². The van der Waals surface area contributed by atoms with Gasteiger partial charge in [-0.25, -0.2) is 4.39 Å². The molecule has 0 aliphatic carbocycles. The first-order valence-electron chi connectivity index (χ1n) is 5.63. The second kappa shape index (κ2) is 5.61. The number of carbonyl (C=O) groups excluding carboxylic acids is 1. The van der Waals surface area contributed by atoms with Gasteiger partial charge in [0.1, 0.15) is 10.1 Å². The highest BCUT2D eigenvalue weighted by molar-refractivity contribution is 8.26. The zero-order valence-electron chi connectivity index (χ0n) is 10.3. The molecule has 0 unspecified atom stereocenters. The van der Waals surface area contributed by atoms with E-state index in [0.717, 1.165) is 0 Å². The third-order valence-corrected chi connectivity index (χ3v) is 4.28. The minimum Gasteiger partial charge on any atom is -0.290 e. The van der Waals surface area contributed by atoms with Crippen molar-refractivity contribution in [3.05, 3.63) is 39.5 Å². The Bertz CT molecular complexity index is 566. The van der Waals surface area contributed by atoms with E-state index in [9.17, 15) is 9.18 Å². The van der Waals surface area contributed by atoms with E-state index in [2.05, 4.69) is 0 Å². The molecule has 1 aromatic rings. The van der Waals surface area contributed by atoms with Crippen molar-refractivity contribution in [3.8, 4) is 0 Å². The SMILES string of the molecule is CC(C)N1C(=O)/C(=C/c2c(F)cccc2Cl)SC1=S. The maximum Gasteiger partial charge on any atom is 0.266 e. The summed E-state index contributed by atoms with van der Waals surface area (Å²) in [5.41, 5.74) is 0.216. The monoisotopic (exact) mass is 315 g/mol. The molecule has 1 amide bonds. The van der Waals surface area contributed by atoms with E-state index in [1.165, 1.54) is 34.9 Å². The lowest BCUT2D eigenvalue weighted by molar-refractivity contribution is -0.123. The summed E-state index contributed by atoms with van der Waals surface area (Å²) < 4.78 is 14.2. The van der Waals surface area contributed by atoms with Gasteiger partial charge in [0.05, 0.1) is 9.93 Å². The van der Waals surface area contributed by atoms with Crippen molar-refractivity contribution in [2.75, 3.05) is 0 Å². The lowest BCUT2D eigenvalue weighted by atomic mass is 10.2. The largest absolute Gasteiger partial charge is 0.290 e. The van der Waals surface area contributed by atoms with Crippen LogP contribution >= 0.6 is 35.6 Å². The van der Waals surface area contributed by atoms with E-state index in [-0.39, 0.29) is 22.5 Å². The molecule has 0 radical (unpaired) electrons. The Morgan fingerprint density at radius 3 is 2.68 bits per heavy atom. The molecule has 6 heteroatoms. The molecule has 1 heterocycles. The lowest BCUT2D eigenvalue weighted by Crippen LogP contribution is -2.34. The number of rotatable bonds is 2. The normalized spacial score (nSPS) is 17.9. The van der Waals surface area contributed by atoms with E-state index >= 15 is 0 Å². The van der Waals surface area contributed by atoms with Gasteiger partial charge in [-0.2, -0.15) is 0 Å². The maximum atomic E-state index is 13.7. The molecule has 1 saturated heterocycles. The fraction of sp³-hybridized carbons (Fsp3) is 0.231. The van der Waals surface area contributed by atoms with Crippen molar-refractivity contribution in [1.29, 1.82) is 0 Å². The van der Waals surface area contributed by atoms with Gasteiger partial charge in [-0.05, 0) is 32.1 Å². The Morgan fingerprint density at radius 1 is 1.47 bits per heavy atom. The molecule has 100 valence electrons. The highest BCUT2D eigenvalue weighted by Gasteiger charge is 2.33. The van der Waals surface area contributed by atoms with Gasteiger partial charge in [-0.3, -0.25) is 9.69 Å². The van der Waals surface area contributed by atoms with E-state index in [1.807, 2.05) is 13.8 Å². The molecule has 0 saturated carbocycles. The zero-order chi connectivity index (χ0) is 14.2. The van der Waals surface area contributed by atoms with Crippen LogP contribution < -0.4 is 0 Å². The summed E-state index contributed by atoms with van der Waals surface area (Å²) in [6.07, 6.45) is 1.46. The molecule has 2 rings (SSSR count). The molecule has 1 aliphatic rings. The summed E-state index contributed by atoms with van der Waals surface area (Å²) in [6, 6.07) is 4.39. The molecule has 2 nitrogen and oxygen atoms in total. The number of halogens is 2. The molecule has 0 bridgehead atoms. The fourth-order valence-electron chi connectivity index (χ4n) is 1.70. The van der Waals surface area contributed by atoms with Crippen LogP contribution in [0.5, 0.6) is 0 Å². The molecule has 0 N–H and O–H groups in total. The summed E-state index contributed by atoms with van der Waals surface area (Å²) in [4.78, 5) is 14.1. The minimum absolute atomic E-state index is 0.0190. The quantitative estimate of drug-likeness (QED) is 0.605. The molecule has 1 fully saturated rings. The Morgan fingerprint density at radius 2 is 2.16 bits per heavy atom. The lowest BCUT2D eigenvalue weighted by Gasteiger charge is -2.18. The van der Waals surface area contributed by atoms with E-state index in [1.54, 1.807) is 6.07 Å². The number of thiocarbonyl (C=S) groups is 1. The number of hydrogen-bond acceptors (Lipinski definition) is 3. The standard InChI is InChI=1S/C13H11ClFNOS2/c1-7(2)16-12(17)11(19-13(16)18)6-8-9(14)4-3-5-10(8)15/h3-7H,1-2H3/b11-6-. The number of amides is 1. The molecule has 0 atom stereocenters. The third-order valence-electron chi connectivity index (χ3n) is 2.62. The predicted molar refractivity (Wildman–Crippen MR) is 81.6 cm³/mol. The highest BCUT2D eigenvalue weighted by Crippen LogP contribution is 2.35. The number of carbonyl (C=O) groups is 1. The first kappa shape index (κ1) is 14.5. The summed E-state index contributed by atoms with van der Waals surface area (Å²) in [7, 11) is 0. The molecule has 0 aromatic heterocycles. The average Bonchev–Trinajstić information content (AvgIpc) is 2.59. The summed E-state index contributed by atoms with van der Waals surface area (Å²) >= 11 is 12.3. The van der Waals surface area contributed by atoms with Crippen LogP contribution in [0.2, 0.25) is 5.02 Å². The van der Waals surface area contributed by atoms with Crippen LogP contribution in [0.1, 0.15) is 19.4 Å². The van der Waals surface area contributed by atoms with Crippen molar-refractivity contribution < 1.29 is 9.18 Å². The zero-order valence-corrected chi connectivity index (χ0v) is 12.7. The smallest absolute Gasteiger partial charge is 0.266 e. The van der Waals surface area contributed by atoms with Gasteiger partial charge in [0.25, 0.3) is 5.91 Å². The van der Waals surface area contributed by atoms with Gasteiger partial charge in [0, 0.05) is 11.6 Å². The summed E-state index contributed by atoms with van der Waals surface area (Å²) in [5, 5.41) is 0.273. The van der Waals surface area contributed by atoms with E-state index in [0.29, 0.717) is 9.23 Å². The number of thioether (sulfide) groups is 1. The molecule has 1 aliphatic heterocycles. The Kier molecular flexibility index (Phi) is 4.28. The van der Waals surface area contributed by atoms with Crippen molar-refractivity contribution in [1.82, 2.24) is 4.90 Å². The number of nitrogens with zero attached hydrogens (tertiary/aromatic N) is 1. The van der Waals surface area contributed by atoms with Crippen LogP contribution in [0.4, 0.5) is 4.39 Å². The van der Waals surface area contributed by atoms with E-state index in [4.69, 9.17) is 23.8 Å². The topological polar surface area (TPSA) is 20.3 Å². The van der Waals surface area contributed by atoms with E-state index < -0.39 is 5.82 Å². The average molecular weight is 316 g/mol. The van der Waals surface area contributed by atoms with Crippen LogP contribution in [-0.2, 0) is 4.79 Å². The van der Waals surface area contributed by atoms with Gasteiger partial charge in [0.15, 0.2) is 0 Å². The van der Waals surface area contributed by atoms with Gasteiger partial charge >= 0.3 is 0 Å². The predicted octanol–water partition coefficient (Wildman–Crippen LogP) is 4.09. The first-order valence-corrected chi connectivity index (χ1v) is 7.23. The minimum atomic E-state index is -0.456. The Balaban J connectivity index is 2.41. The maximum absolute atomic E-state index is 13.7. The van der Waals surface area contributed by atoms with Crippen molar-refractivity contribution in [2.45, 2.75) is 19.9 Å². The summed E-state index contributed by atoms with van der Waals surface area (Å²) in [6.45, 7) is 3.76. The van der Waals surface area contributed by atoms with Crippen LogP contribution in [0.15, 0.2) is 23.1 Å². The van der Waals surface area contributed by atoms with Gasteiger partial charge < -0.3 is 0 Å². The molecule has 19 heavy (non-hydrogen) atoms. The molecular weight excluding hydrogens is 305 g/mol.